The van der Waals surface area contributed by atoms with Crippen molar-refractivity contribution in [1.29, 1.82) is 0 Å². The summed E-state index contributed by atoms with van der Waals surface area (Å²) in [4.78, 5) is 28.0. The molecule has 1 aromatic heterocycles. The van der Waals surface area contributed by atoms with Gasteiger partial charge in [0.25, 0.3) is 0 Å². The second kappa shape index (κ2) is 11.6. The molecule has 3 amide bonds. The van der Waals surface area contributed by atoms with Gasteiger partial charge < -0.3 is 15.5 Å². The molecule has 0 saturated carbocycles. The lowest BCUT2D eigenvalue weighted by Gasteiger charge is -2.24. The minimum Gasteiger partial charge on any atom is -0.315 e. The van der Waals surface area contributed by atoms with E-state index in [-0.39, 0.29) is 24.4 Å². The number of nitrogens with zero attached hydrogens (tertiary/aromatic N) is 3. The number of anilines is 2. The molecule has 7 nitrogen and oxygen atoms in total. The number of rotatable bonds is 8. The molecule has 2 N–H and O–H groups in total. The molecule has 0 atom stereocenters. The first-order chi connectivity index (χ1) is 17.8. The van der Waals surface area contributed by atoms with E-state index in [9.17, 15) is 9.59 Å². The standard InChI is InChI=1S/C30H33N5O2/c1-21(2)19-34(30(37)31-25-13-9-6-10-14-25)20-27(36)32-29-28(24-11-7-5-8-12-24)23(4)33-35(29)26-17-15-22(3)16-18-26/h5-18,21H,19-20H2,1-4H3,(H,31,37)(H,32,36). The summed E-state index contributed by atoms with van der Waals surface area (Å²) in [6.45, 7) is 8.34. The van der Waals surface area contributed by atoms with Crippen LogP contribution in [0.15, 0.2) is 84.9 Å². The van der Waals surface area contributed by atoms with Gasteiger partial charge in [-0.15, -0.1) is 0 Å². The van der Waals surface area contributed by atoms with Crippen molar-refractivity contribution in [2.24, 2.45) is 5.92 Å². The fourth-order valence-electron chi connectivity index (χ4n) is 4.19. The van der Waals surface area contributed by atoms with Crippen molar-refractivity contribution >= 4 is 23.4 Å². The van der Waals surface area contributed by atoms with Crippen LogP contribution in [0, 0.1) is 19.8 Å². The molecular formula is C30H33N5O2. The van der Waals surface area contributed by atoms with Gasteiger partial charge in [0.15, 0.2) is 0 Å². The highest BCUT2D eigenvalue weighted by molar-refractivity contribution is 5.99. The molecule has 37 heavy (non-hydrogen) atoms. The Bertz CT molecular complexity index is 1350. The molecule has 190 valence electrons. The highest BCUT2D eigenvalue weighted by Crippen LogP contribution is 2.33. The van der Waals surface area contributed by atoms with Crippen LogP contribution in [-0.2, 0) is 4.79 Å². The number of nitrogens with one attached hydrogen (secondary N) is 2. The van der Waals surface area contributed by atoms with Gasteiger partial charge in [0.1, 0.15) is 12.4 Å². The first kappa shape index (κ1) is 25.7. The van der Waals surface area contributed by atoms with E-state index in [0.717, 1.165) is 28.1 Å². The van der Waals surface area contributed by atoms with Gasteiger partial charge in [0.2, 0.25) is 5.91 Å². The van der Waals surface area contributed by atoms with Crippen molar-refractivity contribution in [3.8, 4) is 16.8 Å². The smallest absolute Gasteiger partial charge is 0.315 e. The normalized spacial score (nSPS) is 10.8. The van der Waals surface area contributed by atoms with E-state index < -0.39 is 0 Å². The first-order valence-electron chi connectivity index (χ1n) is 12.4. The number of urea groups is 1. The number of aromatic nitrogens is 2. The number of hydrogen-bond acceptors (Lipinski definition) is 3. The van der Waals surface area contributed by atoms with E-state index in [1.54, 1.807) is 4.68 Å². The number of amides is 3. The molecule has 0 spiro atoms. The Hall–Kier alpha value is -4.39. The average molecular weight is 496 g/mol. The molecule has 0 aliphatic heterocycles. The molecule has 1 heterocycles. The Labute approximate surface area is 218 Å². The fraction of sp³-hybridized carbons (Fsp3) is 0.233. The number of aryl methyl sites for hydroxylation is 2. The Morgan fingerprint density at radius 2 is 1.49 bits per heavy atom. The molecule has 0 radical (unpaired) electrons. The summed E-state index contributed by atoms with van der Waals surface area (Å²) >= 11 is 0. The third-order valence-electron chi connectivity index (χ3n) is 5.89. The van der Waals surface area contributed by atoms with E-state index in [1.807, 2.05) is 113 Å². The maximum atomic E-state index is 13.4. The van der Waals surface area contributed by atoms with Crippen LogP contribution in [0.4, 0.5) is 16.3 Å². The van der Waals surface area contributed by atoms with Gasteiger partial charge in [-0.05, 0) is 49.6 Å². The summed E-state index contributed by atoms with van der Waals surface area (Å²) in [6, 6.07) is 26.8. The summed E-state index contributed by atoms with van der Waals surface area (Å²) < 4.78 is 1.76. The van der Waals surface area contributed by atoms with Gasteiger partial charge in [-0.25, -0.2) is 9.48 Å². The summed E-state index contributed by atoms with van der Waals surface area (Å²) in [5, 5.41) is 10.7. The number of carbonyl (C=O) groups is 2. The Balaban J connectivity index is 1.64. The SMILES string of the molecule is Cc1ccc(-n2nc(C)c(-c3ccccc3)c2NC(=O)CN(CC(C)C)C(=O)Nc2ccccc2)cc1. The quantitative estimate of drug-likeness (QED) is 0.302. The molecule has 0 aliphatic carbocycles. The number of para-hydroxylation sites is 1. The zero-order valence-corrected chi connectivity index (χ0v) is 21.7. The number of benzene rings is 3. The van der Waals surface area contributed by atoms with E-state index in [0.29, 0.717) is 18.1 Å². The average Bonchev–Trinajstić information content (AvgIpc) is 3.20. The predicted molar refractivity (Wildman–Crippen MR) is 149 cm³/mol. The van der Waals surface area contributed by atoms with E-state index in [1.165, 1.54) is 4.90 Å². The van der Waals surface area contributed by atoms with Gasteiger partial charge in [-0.2, -0.15) is 5.10 Å². The number of hydrogen-bond donors (Lipinski definition) is 2. The minimum absolute atomic E-state index is 0.0940. The fourth-order valence-corrected chi connectivity index (χ4v) is 4.19. The van der Waals surface area contributed by atoms with Crippen LogP contribution in [0.5, 0.6) is 0 Å². The highest BCUT2D eigenvalue weighted by atomic mass is 16.2. The van der Waals surface area contributed by atoms with E-state index in [2.05, 4.69) is 10.6 Å². The van der Waals surface area contributed by atoms with Crippen molar-refractivity contribution in [1.82, 2.24) is 14.7 Å². The molecule has 0 bridgehead atoms. The van der Waals surface area contributed by atoms with Crippen LogP contribution in [0.2, 0.25) is 0 Å². The maximum Gasteiger partial charge on any atom is 0.322 e. The zero-order chi connectivity index (χ0) is 26.4. The first-order valence-corrected chi connectivity index (χ1v) is 12.4. The van der Waals surface area contributed by atoms with Crippen molar-refractivity contribution in [3.05, 3.63) is 96.2 Å². The van der Waals surface area contributed by atoms with Gasteiger partial charge >= 0.3 is 6.03 Å². The van der Waals surface area contributed by atoms with Crippen LogP contribution in [-0.4, -0.2) is 39.7 Å². The Kier molecular flexibility index (Phi) is 8.03. The van der Waals surface area contributed by atoms with E-state index in [4.69, 9.17) is 5.10 Å². The van der Waals surface area contributed by atoms with Crippen molar-refractivity contribution in [2.45, 2.75) is 27.7 Å². The van der Waals surface area contributed by atoms with E-state index >= 15 is 0 Å². The van der Waals surface area contributed by atoms with Crippen molar-refractivity contribution in [2.75, 3.05) is 23.7 Å². The largest absolute Gasteiger partial charge is 0.322 e. The van der Waals surface area contributed by atoms with Crippen LogP contribution >= 0.6 is 0 Å². The molecule has 4 aromatic rings. The van der Waals surface area contributed by atoms with Crippen LogP contribution in [0.3, 0.4) is 0 Å². The second-order valence-electron chi connectivity index (χ2n) is 9.54. The second-order valence-corrected chi connectivity index (χ2v) is 9.54. The summed E-state index contributed by atoms with van der Waals surface area (Å²) in [5.41, 5.74) is 5.25. The molecule has 0 aliphatic rings. The molecule has 7 heteroatoms. The molecular weight excluding hydrogens is 462 g/mol. The topological polar surface area (TPSA) is 79.3 Å². The lowest BCUT2D eigenvalue weighted by atomic mass is 10.1. The highest BCUT2D eigenvalue weighted by Gasteiger charge is 2.23. The van der Waals surface area contributed by atoms with Crippen molar-refractivity contribution < 1.29 is 9.59 Å². The summed E-state index contributed by atoms with van der Waals surface area (Å²) in [7, 11) is 0. The molecule has 0 fully saturated rings. The number of carbonyl (C=O) groups excluding carboxylic acids is 2. The van der Waals surface area contributed by atoms with Gasteiger partial charge in [-0.3, -0.25) is 4.79 Å². The Morgan fingerprint density at radius 1 is 0.865 bits per heavy atom. The summed E-state index contributed by atoms with van der Waals surface area (Å²) in [6.07, 6.45) is 0. The van der Waals surface area contributed by atoms with Crippen LogP contribution in [0.25, 0.3) is 16.8 Å². The lowest BCUT2D eigenvalue weighted by molar-refractivity contribution is -0.116. The predicted octanol–water partition coefficient (Wildman–Crippen LogP) is 6.28. The summed E-state index contributed by atoms with van der Waals surface area (Å²) in [5.74, 6) is 0.467. The monoisotopic (exact) mass is 495 g/mol. The Morgan fingerprint density at radius 3 is 2.11 bits per heavy atom. The zero-order valence-electron chi connectivity index (χ0n) is 21.7. The van der Waals surface area contributed by atoms with Crippen LogP contribution in [0.1, 0.15) is 25.1 Å². The minimum atomic E-state index is -0.318. The molecule has 0 unspecified atom stereocenters. The molecule has 4 rings (SSSR count). The van der Waals surface area contributed by atoms with Gasteiger partial charge in [-0.1, -0.05) is 80.1 Å². The third-order valence-corrected chi connectivity index (χ3v) is 5.89. The van der Waals surface area contributed by atoms with Gasteiger partial charge in [0, 0.05) is 17.8 Å². The van der Waals surface area contributed by atoms with Crippen LogP contribution < -0.4 is 10.6 Å². The molecule has 0 saturated heterocycles. The maximum absolute atomic E-state index is 13.4. The lowest BCUT2D eigenvalue weighted by Crippen LogP contribution is -2.42. The third kappa shape index (κ3) is 6.44. The molecule has 3 aromatic carbocycles. The van der Waals surface area contributed by atoms with Gasteiger partial charge in [0.05, 0.1) is 11.4 Å². The van der Waals surface area contributed by atoms with Crippen molar-refractivity contribution in [3.63, 3.8) is 0 Å².